The first-order chi connectivity index (χ1) is 9.17. The smallest absolute Gasteiger partial charge is 0.223 e. The molecule has 2 N–H and O–H groups in total. The van der Waals surface area contributed by atoms with E-state index in [0.29, 0.717) is 11.2 Å². The molecule has 0 bridgehead atoms. The Balaban J connectivity index is 2.03. The van der Waals surface area contributed by atoms with Gasteiger partial charge in [0.05, 0.1) is 5.39 Å². The Bertz CT molecular complexity index is 596. The molecular formula is C13H18N4S2. The van der Waals surface area contributed by atoms with Crippen LogP contribution in [0, 0.1) is 6.92 Å². The molecule has 2 aromatic rings. The largest absolute Gasteiger partial charge is 0.368 e. The van der Waals surface area contributed by atoms with E-state index in [1.165, 1.54) is 11.3 Å². The summed E-state index contributed by atoms with van der Waals surface area (Å²) in [7, 11) is 0. The number of fused-ring (bicyclic) bond motifs is 1. The van der Waals surface area contributed by atoms with Gasteiger partial charge in [-0.1, -0.05) is 6.92 Å². The van der Waals surface area contributed by atoms with Gasteiger partial charge in [0.15, 0.2) is 0 Å². The number of aryl methyl sites for hydroxylation is 1. The molecule has 19 heavy (non-hydrogen) atoms. The second kappa shape index (κ2) is 5.17. The Morgan fingerprint density at radius 1 is 1.47 bits per heavy atom. The van der Waals surface area contributed by atoms with Crippen molar-refractivity contribution in [1.82, 2.24) is 9.97 Å². The summed E-state index contributed by atoms with van der Waals surface area (Å²) in [5, 5.41) is 1.85. The molecule has 0 saturated carbocycles. The SMILES string of the molecule is CCC1CN(c2nc(N)nc3sc(C)cc23)CCS1. The van der Waals surface area contributed by atoms with E-state index in [4.69, 9.17) is 5.73 Å². The van der Waals surface area contributed by atoms with Crippen molar-refractivity contribution in [3.63, 3.8) is 0 Å². The van der Waals surface area contributed by atoms with Crippen LogP contribution in [0.2, 0.25) is 0 Å². The maximum Gasteiger partial charge on any atom is 0.223 e. The van der Waals surface area contributed by atoms with Gasteiger partial charge in [0.25, 0.3) is 0 Å². The average molecular weight is 294 g/mol. The van der Waals surface area contributed by atoms with Crippen LogP contribution in [0.4, 0.5) is 11.8 Å². The Kier molecular flexibility index (Phi) is 3.54. The first-order valence-corrected chi connectivity index (χ1v) is 8.44. The van der Waals surface area contributed by atoms with Gasteiger partial charge in [0.2, 0.25) is 5.95 Å². The molecule has 2 aromatic heterocycles. The van der Waals surface area contributed by atoms with Crippen molar-refractivity contribution < 1.29 is 0 Å². The van der Waals surface area contributed by atoms with Crippen LogP contribution in [0.15, 0.2) is 6.07 Å². The molecule has 1 atom stereocenters. The van der Waals surface area contributed by atoms with Crippen molar-refractivity contribution in [2.24, 2.45) is 0 Å². The van der Waals surface area contributed by atoms with Crippen LogP contribution in [0.3, 0.4) is 0 Å². The van der Waals surface area contributed by atoms with E-state index in [-0.39, 0.29) is 0 Å². The second-order valence-electron chi connectivity index (χ2n) is 4.83. The van der Waals surface area contributed by atoms with Gasteiger partial charge in [-0.25, -0.2) is 4.98 Å². The first-order valence-electron chi connectivity index (χ1n) is 6.57. The fraction of sp³-hybridized carbons (Fsp3) is 0.538. The van der Waals surface area contributed by atoms with Crippen LogP contribution in [-0.4, -0.2) is 34.1 Å². The standard InChI is InChI=1S/C13H18N4S2/c1-3-9-7-17(4-5-18-9)11-10-6-8(2)19-12(10)16-13(14)15-11/h6,9H,3-5,7H2,1-2H3,(H2,14,15,16). The number of thioether (sulfide) groups is 1. The summed E-state index contributed by atoms with van der Waals surface area (Å²) in [6, 6.07) is 2.18. The molecule has 4 nitrogen and oxygen atoms in total. The molecule has 0 radical (unpaired) electrons. The van der Waals surface area contributed by atoms with Crippen molar-refractivity contribution in [1.29, 1.82) is 0 Å². The predicted molar refractivity (Wildman–Crippen MR) is 85.3 cm³/mol. The first kappa shape index (κ1) is 13.0. The van der Waals surface area contributed by atoms with Crippen molar-refractivity contribution in [2.45, 2.75) is 25.5 Å². The minimum absolute atomic E-state index is 0.385. The molecule has 1 aliphatic rings. The van der Waals surface area contributed by atoms with Gasteiger partial charge in [-0.15, -0.1) is 11.3 Å². The number of nitrogens with two attached hydrogens (primary N) is 1. The van der Waals surface area contributed by atoms with E-state index < -0.39 is 0 Å². The number of nitrogens with zero attached hydrogens (tertiary/aromatic N) is 3. The molecule has 0 aromatic carbocycles. The normalized spacial score (nSPS) is 20.1. The van der Waals surface area contributed by atoms with Crippen LogP contribution in [-0.2, 0) is 0 Å². The molecule has 3 rings (SSSR count). The third-order valence-corrected chi connectivity index (χ3v) is 5.72. The molecule has 102 valence electrons. The molecule has 1 fully saturated rings. The number of rotatable bonds is 2. The zero-order valence-electron chi connectivity index (χ0n) is 11.2. The molecule has 3 heterocycles. The molecule has 0 aliphatic carbocycles. The fourth-order valence-corrected chi connectivity index (χ4v) is 4.50. The summed E-state index contributed by atoms with van der Waals surface area (Å²) in [5.74, 6) is 2.56. The minimum atomic E-state index is 0.385. The minimum Gasteiger partial charge on any atom is -0.368 e. The van der Waals surface area contributed by atoms with Crippen molar-refractivity contribution in [3.8, 4) is 0 Å². The number of nitrogen functional groups attached to an aromatic ring is 1. The highest BCUT2D eigenvalue weighted by Crippen LogP contribution is 2.33. The van der Waals surface area contributed by atoms with Gasteiger partial charge < -0.3 is 10.6 Å². The topological polar surface area (TPSA) is 55.0 Å². The van der Waals surface area contributed by atoms with E-state index in [0.717, 1.165) is 34.9 Å². The lowest BCUT2D eigenvalue weighted by Crippen LogP contribution is -2.38. The highest BCUT2D eigenvalue weighted by atomic mass is 32.2. The Morgan fingerprint density at radius 2 is 2.32 bits per heavy atom. The highest BCUT2D eigenvalue weighted by Gasteiger charge is 2.22. The molecule has 6 heteroatoms. The lowest BCUT2D eigenvalue weighted by Gasteiger charge is -2.33. The summed E-state index contributed by atoms with van der Waals surface area (Å²) in [6.45, 7) is 6.45. The Morgan fingerprint density at radius 3 is 3.11 bits per heavy atom. The summed E-state index contributed by atoms with van der Waals surface area (Å²) in [5.41, 5.74) is 5.86. The maximum atomic E-state index is 5.86. The number of thiophene rings is 1. The molecule has 1 aliphatic heterocycles. The zero-order valence-corrected chi connectivity index (χ0v) is 12.9. The molecule has 1 unspecified atom stereocenters. The summed E-state index contributed by atoms with van der Waals surface area (Å²) >= 11 is 3.75. The van der Waals surface area contributed by atoms with E-state index in [1.54, 1.807) is 11.3 Å². The van der Waals surface area contributed by atoms with Gasteiger partial charge >= 0.3 is 0 Å². The monoisotopic (exact) mass is 294 g/mol. The van der Waals surface area contributed by atoms with E-state index in [2.05, 4.69) is 46.5 Å². The summed E-state index contributed by atoms with van der Waals surface area (Å²) in [6.07, 6.45) is 1.20. The molecule has 1 saturated heterocycles. The van der Waals surface area contributed by atoms with Crippen molar-refractivity contribution in [3.05, 3.63) is 10.9 Å². The second-order valence-corrected chi connectivity index (χ2v) is 7.47. The van der Waals surface area contributed by atoms with Crippen LogP contribution < -0.4 is 10.6 Å². The van der Waals surface area contributed by atoms with Gasteiger partial charge in [-0.3, -0.25) is 0 Å². The third-order valence-electron chi connectivity index (χ3n) is 3.41. The predicted octanol–water partition coefficient (Wildman–Crippen LogP) is 2.91. The highest BCUT2D eigenvalue weighted by molar-refractivity contribution is 8.00. The number of hydrogen-bond donors (Lipinski definition) is 1. The van der Waals surface area contributed by atoms with Crippen LogP contribution in [0.25, 0.3) is 10.2 Å². The van der Waals surface area contributed by atoms with Gasteiger partial charge in [-0.05, 0) is 19.4 Å². The quantitative estimate of drug-likeness (QED) is 0.923. The van der Waals surface area contributed by atoms with Crippen molar-refractivity contribution in [2.75, 3.05) is 29.5 Å². The van der Waals surface area contributed by atoms with Gasteiger partial charge in [0.1, 0.15) is 10.6 Å². The Hall–Kier alpha value is -1.01. The number of aromatic nitrogens is 2. The molecule has 0 amide bonds. The van der Waals surface area contributed by atoms with Gasteiger partial charge in [-0.2, -0.15) is 16.7 Å². The van der Waals surface area contributed by atoms with Crippen LogP contribution in [0.5, 0.6) is 0 Å². The summed E-state index contributed by atoms with van der Waals surface area (Å²) < 4.78 is 0. The molecular weight excluding hydrogens is 276 g/mol. The van der Waals surface area contributed by atoms with Crippen LogP contribution >= 0.6 is 23.1 Å². The number of anilines is 2. The maximum absolute atomic E-state index is 5.86. The lowest BCUT2D eigenvalue weighted by molar-refractivity contribution is 0.722. The summed E-state index contributed by atoms with van der Waals surface area (Å²) in [4.78, 5) is 13.5. The Labute approximate surface area is 121 Å². The number of hydrogen-bond acceptors (Lipinski definition) is 6. The lowest BCUT2D eigenvalue weighted by atomic mass is 10.2. The fourth-order valence-electron chi connectivity index (χ4n) is 2.44. The van der Waals surface area contributed by atoms with Crippen LogP contribution in [0.1, 0.15) is 18.2 Å². The van der Waals surface area contributed by atoms with E-state index in [1.807, 2.05) is 0 Å². The van der Waals surface area contributed by atoms with E-state index in [9.17, 15) is 0 Å². The van der Waals surface area contributed by atoms with Crippen molar-refractivity contribution >= 4 is 45.1 Å². The third kappa shape index (κ3) is 2.51. The van der Waals surface area contributed by atoms with E-state index >= 15 is 0 Å². The zero-order chi connectivity index (χ0) is 13.4. The molecule has 0 spiro atoms. The average Bonchev–Trinajstić information content (AvgIpc) is 2.78. The van der Waals surface area contributed by atoms with Gasteiger partial charge in [0, 0.05) is 29.0 Å².